The molecule has 30 heavy (non-hydrogen) atoms. The number of aryl methyl sites for hydroxylation is 1. The lowest BCUT2D eigenvalue weighted by molar-refractivity contribution is -0.385. The fraction of sp³-hybridized carbons (Fsp3) is 0.222. The summed E-state index contributed by atoms with van der Waals surface area (Å²) in [6.45, 7) is 1.70. The first-order valence-electron chi connectivity index (χ1n) is 8.63. The molecule has 1 N–H and O–H groups in total. The lowest BCUT2D eigenvalue weighted by Gasteiger charge is -2.09. The van der Waals surface area contributed by atoms with Gasteiger partial charge >= 0.3 is 5.69 Å². The van der Waals surface area contributed by atoms with E-state index in [9.17, 15) is 19.3 Å². The molecular formula is C18H17FN6O4S. The predicted octanol–water partition coefficient (Wildman–Crippen LogP) is 2.90. The van der Waals surface area contributed by atoms with Crippen molar-refractivity contribution >= 4 is 29.0 Å². The summed E-state index contributed by atoms with van der Waals surface area (Å²) in [6, 6.07) is 8.76. The molecule has 1 amide bonds. The highest BCUT2D eigenvalue weighted by Gasteiger charge is 2.16. The molecule has 10 nitrogen and oxygen atoms in total. The third kappa shape index (κ3) is 4.89. The van der Waals surface area contributed by atoms with E-state index in [2.05, 4.69) is 20.8 Å². The Labute approximate surface area is 174 Å². The Hall–Kier alpha value is -3.54. The van der Waals surface area contributed by atoms with E-state index in [0.717, 1.165) is 0 Å². The van der Waals surface area contributed by atoms with E-state index in [0.29, 0.717) is 22.8 Å². The molecule has 0 aliphatic carbocycles. The zero-order valence-corrected chi connectivity index (χ0v) is 16.9. The molecule has 0 aliphatic rings. The molecule has 0 aliphatic heterocycles. The molecule has 3 rings (SSSR count). The molecule has 156 valence electrons. The number of hydrogen-bond donors (Lipinski definition) is 1. The summed E-state index contributed by atoms with van der Waals surface area (Å²) in [5, 5.41) is 24.7. The number of nitrogens with one attached hydrogen (secondary N) is 1. The van der Waals surface area contributed by atoms with Gasteiger partial charge < -0.3 is 10.1 Å². The molecule has 3 aromatic rings. The van der Waals surface area contributed by atoms with Gasteiger partial charge in [0, 0.05) is 11.8 Å². The fourth-order valence-electron chi connectivity index (χ4n) is 2.63. The lowest BCUT2D eigenvalue weighted by Crippen LogP contribution is -2.15. The first-order chi connectivity index (χ1) is 14.4. The van der Waals surface area contributed by atoms with E-state index in [-0.39, 0.29) is 22.9 Å². The Kier molecular flexibility index (Phi) is 6.57. The van der Waals surface area contributed by atoms with Gasteiger partial charge in [0.15, 0.2) is 11.6 Å². The minimum absolute atomic E-state index is 0.00749. The van der Waals surface area contributed by atoms with Gasteiger partial charge in [-0.1, -0.05) is 6.07 Å². The SMILES string of the molecule is COc1ccc(CSCC(=O)Nc2cc(-n3nnnc3C)ccc2F)cc1[N+](=O)[O-]. The molecule has 0 radical (unpaired) electrons. The van der Waals surface area contributed by atoms with Crippen LogP contribution in [0.2, 0.25) is 0 Å². The Morgan fingerprint density at radius 3 is 2.80 bits per heavy atom. The van der Waals surface area contributed by atoms with Crippen LogP contribution in [0.25, 0.3) is 5.69 Å². The van der Waals surface area contributed by atoms with Gasteiger partial charge in [0.25, 0.3) is 0 Å². The fourth-order valence-corrected chi connectivity index (χ4v) is 3.40. The predicted molar refractivity (Wildman–Crippen MR) is 108 cm³/mol. The number of nitro benzene ring substituents is 1. The van der Waals surface area contributed by atoms with Crippen molar-refractivity contribution in [2.75, 3.05) is 18.2 Å². The third-order valence-electron chi connectivity index (χ3n) is 4.04. The third-order valence-corrected chi connectivity index (χ3v) is 5.04. The monoisotopic (exact) mass is 432 g/mol. The van der Waals surface area contributed by atoms with Crippen LogP contribution in [0.1, 0.15) is 11.4 Å². The smallest absolute Gasteiger partial charge is 0.311 e. The summed E-state index contributed by atoms with van der Waals surface area (Å²) in [5.41, 5.74) is 1.04. The maximum Gasteiger partial charge on any atom is 0.311 e. The van der Waals surface area contributed by atoms with Crippen LogP contribution < -0.4 is 10.1 Å². The number of rotatable bonds is 8. The minimum Gasteiger partial charge on any atom is -0.490 e. The number of ether oxygens (including phenoxy) is 1. The number of benzene rings is 2. The van der Waals surface area contributed by atoms with Crippen LogP contribution in [0.3, 0.4) is 0 Å². The Morgan fingerprint density at radius 2 is 2.13 bits per heavy atom. The number of methoxy groups -OCH3 is 1. The van der Waals surface area contributed by atoms with Gasteiger partial charge in [-0.3, -0.25) is 14.9 Å². The van der Waals surface area contributed by atoms with Crippen LogP contribution in [0.4, 0.5) is 15.8 Å². The molecule has 0 saturated heterocycles. The van der Waals surface area contributed by atoms with Gasteiger partial charge in [-0.2, -0.15) is 4.68 Å². The van der Waals surface area contributed by atoms with Crippen molar-refractivity contribution in [2.24, 2.45) is 0 Å². The number of nitro groups is 1. The second-order valence-electron chi connectivity index (χ2n) is 6.11. The van der Waals surface area contributed by atoms with E-state index >= 15 is 0 Å². The number of halogens is 1. The highest BCUT2D eigenvalue weighted by Crippen LogP contribution is 2.29. The molecular weight excluding hydrogens is 415 g/mol. The van der Waals surface area contributed by atoms with Crippen LogP contribution in [0, 0.1) is 22.9 Å². The first kappa shape index (κ1) is 21.2. The second kappa shape index (κ2) is 9.31. The number of tetrazole rings is 1. The van der Waals surface area contributed by atoms with E-state index in [1.54, 1.807) is 13.0 Å². The van der Waals surface area contributed by atoms with Crippen molar-refractivity contribution in [2.45, 2.75) is 12.7 Å². The normalized spacial score (nSPS) is 10.6. The zero-order valence-electron chi connectivity index (χ0n) is 16.0. The Bertz CT molecular complexity index is 1090. The molecule has 0 fully saturated rings. The number of carbonyl (C=O) groups is 1. The molecule has 0 bridgehead atoms. The maximum absolute atomic E-state index is 14.1. The van der Waals surface area contributed by atoms with Gasteiger partial charge in [0.1, 0.15) is 5.82 Å². The van der Waals surface area contributed by atoms with Crippen LogP contribution in [0.5, 0.6) is 5.75 Å². The molecule has 0 spiro atoms. The van der Waals surface area contributed by atoms with Crippen molar-refractivity contribution in [1.29, 1.82) is 0 Å². The van der Waals surface area contributed by atoms with E-state index in [4.69, 9.17) is 4.74 Å². The average Bonchev–Trinajstić information content (AvgIpc) is 3.15. The molecule has 0 saturated carbocycles. The largest absolute Gasteiger partial charge is 0.490 e. The highest BCUT2D eigenvalue weighted by molar-refractivity contribution is 7.99. The molecule has 2 aromatic carbocycles. The quantitative estimate of drug-likeness (QED) is 0.425. The topological polar surface area (TPSA) is 125 Å². The number of amides is 1. The molecule has 12 heteroatoms. The minimum atomic E-state index is -0.589. The van der Waals surface area contributed by atoms with E-state index < -0.39 is 16.6 Å². The summed E-state index contributed by atoms with van der Waals surface area (Å²) in [6.07, 6.45) is 0. The molecule has 1 heterocycles. The number of thioether (sulfide) groups is 1. The zero-order chi connectivity index (χ0) is 21.7. The Morgan fingerprint density at radius 1 is 1.33 bits per heavy atom. The highest BCUT2D eigenvalue weighted by atomic mass is 32.2. The summed E-state index contributed by atoms with van der Waals surface area (Å²) < 4.78 is 20.5. The summed E-state index contributed by atoms with van der Waals surface area (Å²) in [7, 11) is 1.36. The number of nitrogens with zero attached hydrogens (tertiary/aromatic N) is 5. The number of anilines is 1. The molecule has 1 aromatic heterocycles. The number of hydrogen-bond acceptors (Lipinski definition) is 8. The van der Waals surface area contributed by atoms with Crippen molar-refractivity contribution < 1.29 is 18.8 Å². The summed E-state index contributed by atoms with van der Waals surface area (Å²) >= 11 is 1.24. The lowest BCUT2D eigenvalue weighted by atomic mass is 10.2. The van der Waals surface area contributed by atoms with Gasteiger partial charge in [-0.15, -0.1) is 16.9 Å². The van der Waals surface area contributed by atoms with Crippen molar-refractivity contribution in [3.8, 4) is 11.4 Å². The van der Waals surface area contributed by atoms with Crippen molar-refractivity contribution in [3.63, 3.8) is 0 Å². The number of aromatic nitrogens is 4. The maximum atomic E-state index is 14.1. The number of carbonyl (C=O) groups excluding carboxylic acids is 1. The average molecular weight is 432 g/mol. The van der Waals surface area contributed by atoms with Crippen LogP contribution in [-0.4, -0.2) is 43.9 Å². The summed E-state index contributed by atoms with van der Waals surface area (Å²) in [4.78, 5) is 22.8. The van der Waals surface area contributed by atoms with E-state index in [1.165, 1.54) is 53.9 Å². The molecule has 0 unspecified atom stereocenters. The Balaban J connectivity index is 1.61. The van der Waals surface area contributed by atoms with Crippen molar-refractivity contribution in [3.05, 3.63) is 63.7 Å². The van der Waals surface area contributed by atoms with Crippen molar-refractivity contribution in [1.82, 2.24) is 20.2 Å². The van der Waals surface area contributed by atoms with E-state index in [1.807, 2.05) is 0 Å². The standard InChI is InChI=1S/C18H17FN6O4S/c1-11-21-22-23-24(11)13-4-5-14(19)15(8-13)20-18(26)10-30-9-12-3-6-17(29-2)16(7-12)25(27)28/h3-8H,9-10H2,1-2H3,(H,20,26). The first-order valence-corrected chi connectivity index (χ1v) is 9.78. The van der Waals surface area contributed by atoms with Crippen LogP contribution >= 0.6 is 11.8 Å². The van der Waals surface area contributed by atoms with Gasteiger partial charge in [-0.25, -0.2) is 4.39 Å². The van der Waals surface area contributed by atoms with Gasteiger partial charge in [0.05, 0.1) is 29.2 Å². The molecule has 0 atom stereocenters. The van der Waals surface area contributed by atoms with Gasteiger partial charge in [0.2, 0.25) is 5.91 Å². The summed E-state index contributed by atoms with van der Waals surface area (Å²) in [5.74, 6) is 0.0849. The second-order valence-corrected chi connectivity index (χ2v) is 7.09. The van der Waals surface area contributed by atoms with Gasteiger partial charge in [-0.05, 0) is 47.2 Å². The van der Waals surface area contributed by atoms with Crippen LogP contribution in [0.15, 0.2) is 36.4 Å². The van der Waals surface area contributed by atoms with Crippen LogP contribution in [-0.2, 0) is 10.5 Å².